The zero-order chi connectivity index (χ0) is 13.9. The number of hydrazine groups is 1. The van der Waals surface area contributed by atoms with Crippen molar-refractivity contribution in [1.82, 2.24) is 20.4 Å². The number of hydrogen-bond acceptors (Lipinski definition) is 4. The maximum absolute atomic E-state index is 5.86. The molecule has 19 heavy (non-hydrogen) atoms. The topological polar surface area (TPSA) is 68.8 Å². The van der Waals surface area contributed by atoms with Crippen molar-refractivity contribution in [3.8, 4) is 0 Å². The number of aryl methyl sites for hydroxylation is 1. The summed E-state index contributed by atoms with van der Waals surface area (Å²) >= 11 is 0. The Morgan fingerprint density at radius 1 is 1.53 bits per heavy atom. The third kappa shape index (κ3) is 2.98. The molecular weight excluding hydrogens is 238 g/mol. The lowest BCUT2D eigenvalue weighted by atomic mass is 9.65. The van der Waals surface area contributed by atoms with Crippen LogP contribution < -0.4 is 11.3 Å². The third-order valence-corrected chi connectivity index (χ3v) is 4.57. The molecule has 1 aliphatic carbocycles. The van der Waals surface area contributed by atoms with Crippen LogP contribution in [0.4, 0.5) is 0 Å². The lowest BCUT2D eigenvalue weighted by Gasteiger charge is -2.42. The summed E-state index contributed by atoms with van der Waals surface area (Å²) in [7, 11) is 0. The van der Waals surface area contributed by atoms with Crippen LogP contribution in [0.3, 0.4) is 0 Å². The van der Waals surface area contributed by atoms with Crippen LogP contribution in [0.1, 0.15) is 64.6 Å². The van der Waals surface area contributed by atoms with Gasteiger partial charge in [-0.25, -0.2) is 4.68 Å². The zero-order valence-corrected chi connectivity index (χ0v) is 12.4. The normalized spacial score (nSPS) is 24.3. The molecule has 2 atom stereocenters. The van der Waals surface area contributed by atoms with Gasteiger partial charge in [0.15, 0.2) is 0 Å². The van der Waals surface area contributed by atoms with Crippen molar-refractivity contribution >= 4 is 0 Å². The largest absolute Gasteiger partial charge is 0.271 e. The van der Waals surface area contributed by atoms with Crippen LogP contribution in [-0.2, 0) is 6.54 Å². The second-order valence-electron chi connectivity index (χ2n) is 6.37. The minimum Gasteiger partial charge on any atom is -0.271 e. The Morgan fingerprint density at radius 2 is 2.32 bits per heavy atom. The number of hydrogen-bond donors (Lipinski definition) is 2. The first-order valence-electron chi connectivity index (χ1n) is 7.44. The highest BCUT2D eigenvalue weighted by Crippen LogP contribution is 2.46. The maximum Gasteiger partial charge on any atom is 0.0773 e. The summed E-state index contributed by atoms with van der Waals surface area (Å²) < 4.78 is 2.00. The summed E-state index contributed by atoms with van der Waals surface area (Å²) in [4.78, 5) is 0. The highest BCUT2D eigenvalue weighted by Gasteiger charge is 2.39. The Labute approximate surface area is 115 Å². The molecular formula is C14H27N5. The van der Waals surface area contributed by atoms with Gasteiger partial charge in [0.05, 0.1) is 17.9 Å². The molecule has 5 heteroatoms. The van der Waals surface area contributed by atoms with E-state index >= 15 is 0 Å². The van der Waals surface area contributed by atoms with Gasteiger partial charge in [-0.3, -0.25) is 11.3 Å². The molecule has 2 rings (SSSR count). The molecule has 0 spiro atoms. The quantitative estimate of drug-likeness (QED) is 0.633. The molecule has 1 aromatic rings. The SMILES string of the molecule is CCCn1nncc1C(NN)C1CCCCC1(C)C. The van der Waals surface area contributed by atoms with Crippen molar-refractivity contribution < 1.29 is 0 Å². The second-order valence-corrected chi connectivity index (χ2v) is 6.37. The Balaban J connectivity index is 2.25. The third-order valence-electron chi connectivity index (χ3n) is 4.57. The first-order valence-corrected chi connectivity index (χ1v) is 7.44. The maximum atomic E-state index is 5.86. The van der Waals surface area contributed by atoms with Crippen molar-refractivity contribution in [2.75, 3.05) is 0 Å². The molecule has 0 aromatic carbocycles. The molecule has 1 saturated carbocycles. The number of nitrogens with two attached hydrogens (primary N) is 1. The molecule has 108 valence electrons. The molecule has 0 amide bonds. The first-order chi connectivity index (χ1) is 9.10. The van der Waals surface area contributed by atoms with Crippen LogP contribution >= 0.6 is 0 Å². The minimum atomic E-state index is 0.150. The van der Waals surface area contributed by atoms with Crippen LogP contribution in [0.5, 0.6) is 0 Å². The number of nitrogens with one attached hydrogen (secondary N) is 1. The van der Waals surface area contributed by atoms with Crippen molar-refractivity contribution in [3.63, 3.8) is 0 Å². The van der Waals surface area contributed by atoms with Crippen LogP contribution in [0.15, 0.2) is 6.20 Å². The van der Waals surface area contributed by atoms with E-state index < -0.39 is 0 Å². The molecule has 1 heterocycles. The number of aromatic nitrogens is 3. The summed E-state index contributed by atoms with van der Waals surface area (Å²) in [6, 6.07) is 0.150. The fraction of sp³-hybridized carbons (Fsp3) is 0.857. The van der Waals surface area contributed by atoms with E-state index in [1.165, 1.54) is 25.7 Å². The molecule has 0 bridgehead atoms. The predicted molar refractivity (Wildman–Crippen MR) is 76.1 cm³/mol. The van der Waals surface area contributed by atoms with E-state index in [0.29, 0.717) is 11.3 Å². The first kappa shape index (κ1) is 14.5. The Bertz CT molecular complexity index is 398. The van der Waals surface area contributed by atoms with Gasteiger partial charge < -0.3 is 0 Å². The monoisotopic (exact) mass is 265 g/mol. The van der Waals surface area contributed by atoms with Crippen molar-refractivity contribution in [2.45, 2.75) is 65.5 Å². The summed E-state index contributed by atoms with van der Waals surface area (Å²) in [6.07, 6.45) is 8.03. The van der Waals surface area contributed by atoms with Gasteiger partial charge in [-0.15, -0.1) is 5.10 Å². The lowest BCUT2D eigenvalue weighted by molar-refractivity contribution is 0.0946. The molecule has 0 saturated heterocycles. The molecule has 1 aliphatic rings. The van der Waals surface area contributed by atoms with Gasteiger partial charge in [-0.1, -0.05) is 38.8 Å². The van der Waals surface area contributed by atoms with Crippen LogP contribution in [-0.4, -0.2) is 15.0 Å². The fourth-order valence-electron chi connectivity index (χ4n) is 3.44. The Hall–Kier alpha value is -0.940. The summed E-state index contributed by atoms with van der Waals surface area (Å²) in [6.45, 7) is 7.77. The van der Waals surface area contributed by atoms with Gasteiger partial charge in [0, 0.05) is 6.54 Å². The van der Waals surface area contributed by atoms with Gasteiger partial charge in [0.2, 0.25) is 0 Å². The molecule has 0 radical (unpaired) electrons. The average Bonchev–Trinajstić information content (AvgIpc) is 2.81. The number of rotatable bonds is 5. The van der Waals surface area contributed by atoms with E-state index in [1.54, 1.807) is 0 Å². The number of nitrogens with zero attached hydrogens (tertiary/aromatic N) is 3. The minimum absolute atomic E-state index is 0.150. The van der Waals surface area contributed by atoms with E-state index in [2.05, 4.69) is 36.5 Å². The molecule has 3 N–H and O–H groups in total. The van der Waals surface area contributed by atoms with E-state index in [4.69, 9.17) is 5.84 Å². The Morgan fingerprint density at radius 3 is 2.95 bits per heavy atom. The van der Waals surface area contributed by atoms with E-state index in [9.17, 15) is 0 Å². The highest BCUT2D eigenvalue weighted by atomic mass is 15.4. The van der Waals surface area contributed by atoms with Crippen LogP contribution in [0.25, 0.3) is 0 Å². The van der Waals surface area contributed by atoms with E-state index in [0.717, 1.165) is 18.7 Å². The molecule has 1 fully saturated rings. The molecule has 2 unspecified atom stereocenters. The molecule has 5 nitrogen and oxygen atoms in total. The summed E-state index contributed by atoms with van der Waals surface area (Å²) in [5.41, 5.74) is 4.47. The van der Waals surface area contributed by atoms with Gasteiger partial charge in [-0.05, 0) is 30.6 Å². The fourth-order valence-corrected chi connectivity index (χ4v) is 3.44. The van der Waals surface area contributed by atoms with E-state index in [-0.39, 0.29) is 6.04 Å². The van der Waals surface area contributed by atoms with Crippen LogP contribution in [0.2, 0.25) is 0 Å². The molecule has 0 aliphatic heterocycles. The zero-order valence-electron chi connectivity index (χ0n) is 12.4. The summed E-state index contributed by atoms with van der Waals surface area (Å²) in [5, 5.41) is 8.26. The second kappa shape index (κ2) is 6.01. The Kier molecular flexibility index (Phi) is 4.58. The summed E-state index contributed by atoms with van der Waals surface area (Å²) in [5.74, 6) is 6.40. The van der Waals surface area contributed by atoms with Crippen molar-refractivity contribution in [1.29, 1.82) is 0 Å². The van der Waals surface area contributed by atoms with Crippen molar-refractivity contribution in [3.05, 3.63) is 11.9 Å². The smallest absolute Gasteiger partial charge is 0.0773 e. The molecule has 1 aromatic heterocycles. The standard InChI is InChI=1S/C14H27N5/c1-4-9-19-12(10-16-18-19)13(17-15)11-7-5-6-8-14(11,2)3/h10-11,13,17H,4-9,15H2,1-3H3. The van der Waals surface area contributed by atoms with Crippen molar-refractivity contribution in [2.24, 2.45) is 17.2 Å². The van der Waals surface area contributed by atoms with Gasteiger partial charge in [0.25, 0.3) is 0 Å². The van der Waals surface area contributed by atoms with Gasteiger partial charge in [-0.2, -0.15) is 0 Å². The lowest BCUT2D eigenvalue weighted by Crippen LogP contribution is -2.42. The highest BCUT2D eigenvalue weighted by molar-refractivity contribution is 5.07. The van der Waals surface area contributed by atoms with E-state index in [1.807, 2.05) is 10.9 Å². The van der Waals surface area contributed by atoms with Gasteiger partial charge >= 0.3 is 0 Å². The average molecular weight is 265 g/mol. The van der Waals surface area contributed by atoms with Crippen LogP contribution in [0, 0.1) is 11.3 Å². The van der Waals surface area contributed by atoms with Gasteiger partial charge in [0.1, 0.15) is 0 Å². The predicted octanol–water partition coefficient (Wildman–Crippen LogP) is 2.41.